The monoisotopic (exact) mass is 176 g/mol. The maximum Gasteiger partial charge on any atom is 0.622 e. The van der Waals surface area contributed by atoms with Crippen LogP contribution >= 0.6 is 0 Å². The molecule has 0 heterocycles. The zero-order valence-electron chi connectivity index (χ0n) is 7.88. The first-order valence-corrected chi connectivity index (χ1v) is 6.61. The second-order valence-corrected chi connectivity index (χ2v) is 8.96. The molecule has 0 saturated carbocycles. The molecule has 0 amide bonds. The van der Waals surface area contributed by atoms with Gasteiger partial charge in [0.25, 0.3) is 0 Å². The zero-order chi connectivity index (χ0) is 9.28. The third-order valence-corrected chi connectivity index (χ3v) is 6.62. The minimum atomic E-state index is -1.97. The largest absolute Gasteiger partial charge is 0.622 e. The topological polar surface area (TPSA) is 49.7 Å². The Hall–Kier alpha value is 0.162. The van der Waals surface area contributed by atoms with Gasteiger partial charge in [-0.05, 0) is 18.1 Å². The fraction of sp³-hybridized carbons (Fsp3) is 1.00. The molecule has 0 atom stereocenters. The van der Waals surface area contributed by atoms with Gasteiger partial charge in [-0.3, -0.25) is 0 Å². The normalized spacial score (nSPS) is 13.4. The fourth-order valence-corrected chi connectivity index (χ4v) is 1.32. The summed E-state index contributed by atoms with van der Waals surface area (Å²) in [5, 5.41) is 17.3. The highest BCUT2D eigenvalue weighted by Crippen LogP contribution is 2.36. The Balaban J connectivity index is 4.22. The predicted octanol–water partition coefficient (Wildman–Crippen LogP) is 0.978. The van der Waals surface area contributed by atoms with Crippen LogP contribution in [0.2, 0.25) is 18.1 Å². The molecule has 0 bridgehead atoms. The van der Waals surface area contributed by atoms with Crippen molar-refractivity contribution in [2.45, 2.75) is 38.9 Å². The first-order chi connectivity index (χ1) is 4.67. The van der Waals surface area contributed by atoms with Gasteiger partial charge in [0.15, 0.2) is 8.32 Å². The smallest absolute Gasteiger partial charge is 0.428 e. The summed E-state index contributed by atoms with van der Waals surface area (Å²) in [7, 11) is -3.60. The van der Waals surface area contributed by atoms with Crippen molar-refractivity contribution in [2.24, 2.45) is 0 Å². The molecule has 0 aliphatic carbocycles. The van der Waals surface area contributed by atoms with Crippen LogP contribution in [0, 0.1) is 0 Å². The first-order valence-electron chi connectivity index (χ1n) is 3.71. The van der Waals surface area contributed by atoms with Gasteiger partial charge in [0.2, 0.25) is 0 Å². The summed E-state index contributed by atoms with van der Waals surface area (Å²) in [5.74, 6) is 0. The summed E-state index contributed by atoms with van der Waals surface area (Å²) in [6, 6.07) is 0. The van der Waals surface area contributed by atoms with Gasteiger partial charge >= 0.3 is 7.32 Å². The van der Waals surface area contributed by atoms with E-state index in [0.717, 1.165) is 0 Å². The molecule has 66 valence electrons. The molecule has 0 aliphatic rings. The van der Waals surface area contributed by atoms with Gasteiger partial charge in [0.1, 0.15) is 0 Å². The lowest BCUT2D eigenvalue weighted by molar-refractivity contribution is 0.276. The summed E-state index contributed by atoms with van der Waals surface area (Å²) in [6.07, 6.45) is 0. The maximum atomic E-state index is 8.62. The van der Waals surface area contributed by atoms with Crippen LogP contribution in [-0.2, 0) is 4.34 Å². The van der Waals surface area contributed by atoms with E-state index in [1.165, 1.54) is 0 Å². The molecule has 0 fully saturated rings. The first kappa shape index (κ1) is 11.2. The van der Waals surface area contributed by atoms with Crippen LogP contribution in [0.3, 0.4) is 0 Å². The van der Waals surface area contributed by atoms with E-state index in [-0.39, 0.29) is 5.04 Å². The average molecular weight is 176 g/mol. The Morgan fingerprint density at radius 1 is 1.18 bits per heavy atom. The molecule has 3 nitrogen and oxygen atoms in total. The van der Waals surface area contributed by atoms with Crippen LogP contribution in [0.15, 0.2) is 0 Å². The zero-order valence-corrected chi connectivity index (χ0v) is 8.88. The summed E-state index contributed by atoms with van der Waals surface area (Å²) >= 11 is 0. The van der Waals surface area contributed by atoms with Gasteiger partial charge in [0.05, 0.1) is 0 Å². The minimum absolute atomic E-state index is 0.0245. The fourth-order valence-electron chi connectivity index (χ4n) is 0.440. The highest BCUT2D eigenvalue weighted by atomic mass is 28.4. The Kier molecular flexibility index (Phi) is 3.31. The van der Waals surface area contributed by atoms with Crippen molar-refractivity contribution in [3.63, 3.8) is 0 Å². The lowest BCUT2D eigenvalue weighted by Crippen LogP contribution is -2.45. The summed E-state index contributed by atoms with van der Waals surface area (Å²) in [5.41, 5.74) is 0. The van der Waals surface area contributed by atoms with Crippen molar-refractivity contribution in [1.29, 1.82) is 0 Å². The van der Waals surface area contributed by atoms with Gasteiger partial charge in [-0.25, -0.2) is 0 Å². The third-order valence-electron chi connectivity index (χ3n) is 2.21. The lowest BCUT2D eigenvalue weighted by Gasteiger charge is -2.36. The Bertz CT molecular complexity index is 130. The van der Waals surface area contributed by atoms with Crippen LogP contribution in [0.4, 0.5) is 0 Å². The molecule has 5 heteroatoms. The van der Waals surface area contributed by atoms with E-state index in [1.807, 2.05) is 33.9 Å². The molecular weight excluding hydrogens is 159 g/mol. The van der Waals surface area contributed by atoms with Crippen LogP contribution in [0.25, 0.3) is 0 Å². The lowest BCUT2D eigenvalue weighted by atomic mass is 10.2. The van der Waals surface area contributed by atoms with Crippen molar-refractivity contribution >= 4 is 15.6 Å². The minimum Gasteiger partial charge on any atom is -0.428 e. The van der Waals surface area contributed by atoms with E-state index in [4.69, 9.17) is 14.4 Å². The standard InChI is InChI=1S/C6H17BO3Si/c1-6(2,3)11(4,5)10-7(8)9/h8-9H,1-5H3. The maximum absolute atomic E-state index is 8.62. The molecule has 0 unspecified atom stereocenters. The van der Waals surface area contributed by atoms with E-state index in [9.17, 15) is 0 Å². The number of hydrogen-bond acceptors (Lipinski definition) is 3. The van der Waals surface area contributed by atoms with Crippen LogP contribution in [-0.4, -0.2) is 25.7 Å². The molecule has 11 heavy (non-hydrogen) atoms. The average Bonchev–Trinajstić information content (AvgIpc) is 1.56. The molecule has 0 saturated heterocycles. The quantitative estimate of drug-likeness (QED) is 0.616. The van der Waals surface area contributed by atoms with Gasteiger partial charge in [-0.1, -0.05) is 20.8 Å². The molecule has 0 aromatic carbocycles. The van der Waals surface area contributed by atoms with Crippen molar-refractivity contribution in [3.8, 4) is 0 Å². The molecular formula is C6H17BO3Si. The molecule has 0 radical (unpaired) electrons. The summed E-state index contributed by atoms with van der Waals surface area (Å²) < 4.78 is 5.05. The van der Waals surface area contributed by atoms with Crippen molar-refractivity contribution < 1.29 is 14.4 Å². The summed E-state index contributed by atoms with van der Waals surface area (Å²) in [6.45, 7) is 10.1. The SMILES string of the molecule is CC(C)(C)[Si](C)(C)OB(O)O. The van der Waals surface area contributed by atoms with Gasteiger partial charge < -0.3 is 14.4 Å². The van der Waals surface area contributed by atoms with Crippen molar-refractivity contribution in [2.75, 3.05) is 0 Å². The van der Waals surface area contributed by atoms with E-state index >= 15 is 0 Å². The van der Waals surface area contributed by atoms with E-state index in [2.05, 4.69) is 0 Å². The van der Waals surface area contributed by atoms with E-state index in [1.54, 1.807) is 0 Å². The Morgan fingerprint density at radius 2 is 1.55 bits per heavy atom. The van der Waals surface area contributed by atoms with Gasteiger partial charge in [-0.2, -0.15) is 0 Å². The second-order valence-electron chi connectivity index (χ2n) is 4.20. The summed E-state index contributed by atoms with van der Waals surface area (Å²) in [4.78, 5) is 0. The van der Waals surface area contributed by atoms with Crippen LogP contribution < -0.4 is 0 Å². The van der Waals surface area contributed by atoms with Crippen molar-refractivity contribution in [3.05, 3.63) is 0 Å². The van der Waals surface area contributed by atoms with E-state index < -0.39 is 15.6 Å². The van der Waals surface area contributed by atoms with Gasteiger partial charge in [0, 0.05) is 0 Å². The number of hydrogen-bond donors (Lipinski definition) is 2. The molecule has 0 rings (SSSR count). The van der Waals surface area contributed by atoms with E-state index in [0.29, 0.717) is 0 Å². The van der Waals surface area contributed by atoms with Crippen LogP contribution in [0.1, 0.15) is 20.8 Å². The molecule has 0 aromatic heterocycles. The molecule has 0 spiro atoms. The van der Waals surface area contributed by atoms with Crippen LogP contribution in [0.5, 0.6) is 0 Å². The molecule has 0 aromatic rings. The highest BCUT2D eigenvalue weighted by Gasteiger charge is 2.39. The molecule has 0 aliphatic heterocycles. The predicted molar refractivity (Wildman–Crippen MR) is 48.5 cm³/mol. The third kappa shape index (κ3) is 3.38. The Morgan fingerprint density at radius 3 is 1.64 bits per heavy atom. The molecule has 2 N–H and O–H groups in total. The Labute approximate surface area is 69.7 Å². The van der Waals surface area contributed by atoms with Crippen molar-refractivity contribution in [1.82, 2.24) is 0 Å². The number of rotatable bonds is 2. The highest BCUT2D eigenvalue weighted by molar-refractivity contribution is 6.78. The van der Waals surface area contributed by atoms with Gasteiger partial charge in [-0.15, -0.1) is 0 Å². The second kappa shape index (κ2) is 3.27.